The van der Waals surface area contributed by atoms with Gasteiger partial charge in [0.05, 0.1) is 18.4 Å². The van der Waals surface area contributed by atoms with Crippen molar-refractivity contribution in [2.75, 3.05) is 0 Å². The zero-order valence-corrected chi connectivity index (χ0v) is 9.01. The molecule has 1 amide bonds. The number of amides is 1. The summed E-state index contributed by atoms with van der Waals surface area (Å²) in [6.45, 7) is 0.450. The molecular formula is C11H14N2O3. The Bertz CT molecular complexity index is 425. The molecule has 1 aromatic rings. The minimum absolute atomic E-state index is 0.159. The lowest BCUT2D eigenvalue weighted by Gasteiger charge is -2.05. The van der Waals surface area contributed by atoms with Crippen molar-refractivity contribution in [3.63, 3.8) is 0 Å². The largest absolute Gasteiger partial charge is 0.481 e. The third-order valence-corrected chi connectivity index (χ3v) is 2.94. The van der Waals surface area contributed by atoms with Crippen molar-refractivity contribution in [3.05, 3.63) is 24.0 Å². The number of nitrogens with one attached hydrogen (secondary N) is 1. The van der Waals surface area contributed by atoms with Crippen LogP contribution in [0.1, 0.15) is 12.1 Å². The fraction of sp³-hybridized carbons (Fsp3) is 0.455. The number of carboxylic acids is 1. The quantitative estimate of drug-likeness (QED) is 0.772. The molecule has 0 unspecified atom stereocenters. The predicted molar refractivity (Wildman–Crippen MR) is 56.5 cm³/mol. The van der Waals surface area contributed by atoms with Gasteiger partial charge in [-0.2, -0.15) is 0 Å². The number of nitrogens with zero attached hydrogens (tertiary/aromatic N) is 1. The minimum atomic E-state index is -0.876. The molecule has 5 heteroatoms. The van der Waals surface area contributed by atoms with E-state index < -0.39 is 11.9 Å². The first-order valence-electron chi connectivity index (χ1n) is 5.20. The first-order chi connectivity index (χ1) is 7.59. The van der Waals surface area contributed by atoms with Crippen LogP contribution in [0, 0.1) is 11.8 Å². The molecule has 86 valence electrons. The van der Waals surface area contributed by atoms with E-state index in [1.54, 1.807) is 0 Å². The highest BCUT2D eigenvalue weighted by Gasteiger charge is 2.48. The van der Waals surface area contributed by atoms with E-state index in [-0.39, 0.29) is 11.8 Å². The molecule has 2 N–H and O–H groups in total. The number of hydrogen-bond donors (Lipinski definition) is 2. The van der Waals surface area contributed by atoms with Crippen LogP contribution in [0.4, 0.5) is 0 Å². The molecule has 1 fully saturated rings. The summed E-state index contributed by atoms with van der Waals surface area (Å²) in [5.41, 5.74) is 1.00. The third kappa shape index (κ3) is 2.08. The number of carboxylic acid groups (broad SMARTS) is 1. The molecule has 1 aromatic heterocycles. The molecule has 0 spiro atoms. The zero-order valence-electron chi connectivity index (χ0n) is 9.01. The molecule has 0 bridgehead atoms. The Morgan fingerprint density at radius 2 is 2.31 bits per heavy atom. The average Bonchev–Trinajstić information content (AvgIpc) is 2.94. The van der Waals surface area contributed by atoms with Crippen molar-refractivity contribution in [1.82, 2.24) is 9.88 Å². The fourth-order valence-corrected chi connectivity index (χ4v) is 1.75. The Hall–Kier alpha value is -1.78. The van der Waals surface area contributed by atoms with Crippen molar-refractivity contribution in [1.29, 1.82) is 0 Å². The predicted octanol–water partition coefficient (Wildman–Crippen LogP) is 0.362. The second-order valence-corrected chi connectivity index (χ2v) is 4.12. The van der Waals surface area contributed by atoms with E-state index in [9.17, 15) is 9.59 Å². The Morgan fingerprint density at radius 3 is 2.81 bits per heavy atom. The number of carbonyl (C=O) groups excluding carboxylic acids is 1. The summed E-state index contributed by atoms with van der Waals surface area (Å²) in [5, 5.41) is 11.4. The van der Waals surface area contributed by atoms with Crippen LogP contribution in [0.25, 0.3) is 0 Å². The van der Waals surface area contributed by atoms with Crippen molar-refractivity contribution in [3.8, 4) is 0 Å². The zero-order chi connectivity index (χ0) is 11.7. The molecule has 1 heterocycles. The summed E-state index contributed by atoms with van der Waals surface area (Å²) in [6, 6.07) is 3.82. The van der Waals surface area contributed by atoms with Gasteiger partial charge in [0.25, 0.3) is 0 Å². The summed E-state index contributed by atoms with van der Waals surface area (Å²) in [6.07, 6.45) is 2.37. The van der Waals surface area contributed by atoms with E-state index in [2.05, 4.69) is 5.32 Å². The topological polar surface area (TPSA) is 71.3 Å². The van der Waals surface area contributed by atoms with E-state index in [1.165, 1.54) is 0 Å². The molecule has 2 rings (SSSR count). The van der Waals surface area contributed by atoms with Gasteiger partial charge in [0, 0.05) is 18.9 Å². The second kappa shape index (κ2) is 4.00. The Labute approximate surface area is 93.1 Å². The summed E-state index contributed by atoms with van der Waals surface area (Å²) in [5.74, 6) is -1.85. The monoisotopic (exact) mass is 222 g/mol. The lowest BCUT2D eigenvalue weighted by molar-refractivity contribution is -0.140. The number of hydrogen-bond acceptors (Lipinski definition) is 2. The molecule has 1 aliphatic carbocycles. The van der Waals surface area contributed by atoms with Gasteiger partial charge in [-0.1, -0.05) is 0 Å². The summed E-state index contributed by atoms with van der Waals surface area (Å²) < 4.78 is 1.92. The summed E-state index contributed by atoms with van der Waals surface area (Å²) in [4.78, 5) is 22.1. The lowest BCUT2D eigenvalue weighted by atomic mass is 10.3. The van der Waals surface area contributed by atoms with Crippen LogP contribution in [0.3, 0.4) is 0 Å². The van der Waals surface area contributed by atoms with Crippen molar-refractivity contribution < 1.29 is 14.7 Å². The second-order valence-electron chi connectivity index (χ2n) is 4.12. The van der Waals surface area contributed by atoms with Crippen LogP contribution in [0.5, 0.6) is 0 Å². The maximum atomic E-state index is 11.5. The van der Waals surface area contributed by atoms with Crippen LogP contribution < -0.4 is 5.32 Å². The third-order valence-electron chi connectivity index (χ3n) is 2.94. The maximum absolute atomic E-state index is 11.5. The molecule has 1 aliphatic rings. The van der Waals surface area contributed by atoms with Gasteiger partial charge in [-0.25, -0.2) is 0 Å². The van der Waals surface area contributed by atoms with Crippen LogP contribution in [-0.2, 0) is 23.2 Å². The summed E-state index contributed by atoms with van der Waals surface area (Å²) >= 11 is 0. The first-order valence-corrected chi connectivity index (χ1v) is 5.20. The normalized spacial score (nSPS) is 22.8. The molecule has 1 saturated carbocycles. The summed E-state index contributed by atoms with van der Waals surface area (Å²) in [7, 11) is 1.90. The highest BCUT2D eigenvalue weighted by molar-refractivity contribution is 5.89. The van der Waals surface area contributed by atoms with E-state index >= 15 is 0 Å². The number of rotatable bonds is 4. The van der Waals surface area contributed by atoms with Gasteiger partial charge in [0.2, 0.25) is 5.91 Å². The molecule has 5 nitrogen and oxygen atoms in total. The standard InChI is InChI=1S/C11H14N2O3/c1-13-4-2-3-7(13)6-12-10(14)8-5-9(8)11(15)16/h2-4,8-9H,5-6H2,1H3,(H,12,14)(H,15,16)/t8-,9+/m1/s1. The van der Waals surface area contributed by atoms with E-state index in [0.717, 1.165) is 5.69 Å². The molecular weight excluding hydrogens is 208 g/mol. The smallest absolute Gasteiger partial charge is 0.307 e. The lowest BCUT2D eigenvalue weighted by Crippen LogP contribution is -2.26. The number of aliphatic carboxylic acids is 1. The van der Waals surface area contributed by atoms with Crippen molar-refractivity contribution >= 4 is 11.9 Å². The van der Waals surface area contributed by atoms with Gasteiger partial charge in [-0.05, 0) is 18.6 Å². The molecule has 16 heavy (non-hydrogen) atoms. The fourth-order valence-electron chi connectivity index (χ4n) is 1.75. The number of carbonyl (C=O) groups is 2. The van der Waals surface area contributed by atoms with Gasteiger partial charge in [-0.3, -0.25) is 9.59 Å². The first kappa shape index (κ1) is 10.7. The molecule has 0 aromatic carbocycles. The molecule has 0 radical (unpaired) electrons. The maximum Gasteiger partial charge on any atom is 0.307 e. The van der Waals surface area contributed by atoms with Gasteiger partial charge < -0.3 is 15.0 Å². The van der Waals surface area contributed by atoms with Crippen LogP contribution in [-0.4, -0.2) is 21.6 Å². The van der Waals surface area contributed by atoms with E-state index in [4.69, 9.17) is 5.11 Å². The highest BCUT2D eigenvalue weighted by Crippen LogP contribution is 2.38. The van der Waals surface area contributed by atoms with Gasteiger partial charge in [0.1, 0.15) is 0 Å². The average molecular weight is 222 g/mol. The Balaban J connectivity index is 1.82. The van der Waals surface area contributed by atoms with Crippen molar-refractivity contribution in [2.45, 2.75) is 13.0 Å². The van der Waals surface area contributed by atoms with Crippen LogP contribution >= 0.6 is 0 Å². The SMILES string of the molecule is Cn1cccc1CNC(=O)[C@@H]1C[C@@H]1C(=O)O. The van der Waals surface area contributed by atoms with Crippen LogP contribution in [0.15, 0.2) is 18.3 Å². The van der Waals surface area contributed by atoms with Crippen molar-refractivity contribution in [2.24, 2.45) is 18.9 Å². The Morgan fingerprint density at radius 1 is 1.56 bits per heavy atom. The van der Waals surface area contributed by atoms with E-state index in [0.29, 0.717) is 13.0 Å². The van der Waals surface area contributed by atoms with Crippen LogP contribution in [0.2, 0.25) is 0 Å². The highest BCUT2D eigenvalue weighted by atomic mass is 16.4. The molecule has 2 atom stereocenters. The van der Waals surface area contributed by atoms with Gasteiger partial charge >= 0.3 is 5.97 Å². The van der Waals surface area contributed by atoms with Gasteiger partial charge in [0.15, 0.2) is 0 Å². The van der Waals surface area contributed by atoms with E-state index in [1.807, 2.05) is 29.9 Å². The Kier molecular flexibility index (Phi) is 2.68. The molecule has 0 aliphatic heterocycles. The minimum Gasteiger partial charge on any atom is -0.481 e. The molecule has 0 saturated heterocycles. The number of aromatic nitrogens is 1. The number of aryl methyl sites for hydroxylation is 1. The van der Waals surface area contributed by atoms with Gasteiger partial charge in [-0.15, -0.1) is 0 Å².